The van der Waals surface area contributed by atoms with Crippen molar-refractivity contribution >= 4 is 23.6 Å². The lowest BCUT2D eigenvalue weighted by Crippen LogP contribution is -2.39. The van der Waals surface area contributed by atoms with Crippen LogP contribution in [0, 0.1) is 11.7 Å². The van der Waals surface area contributed by atoms with Crippen molar-refractivity contribution in [1.29, 1.82) is 0 Å². The average Bonchev–Trinajstić information content (AvgIpc) is 2.50. The van der Waals surface area contributed by atoms with E-state index >= 15 is 0 Å². The quantitative estimate of drug-likeness (QED) is 0.775. The molecule has 2 amide bonds. The molecule has 8 heteroatoms. The minimum absolute atomic E-state index is 0.00301. The Morgan fingerprint density at radius 2 is 2.04 bits per heavy atom. The maximum absolute atomic E-state index is 13.2. The molecule has 0 aliphatic heterocycles. The zero-order valence-electron chi connectivity index (χ0n) is 14.4. The number of amides is 2. The number of nitrogens with zero attached hydrogens (tertiary/aromatic N) is 1. The highest BCUT2D eigenvalue weighted by Crippen LogP contribution is 2.32. The Kier molecular flexibility index (Phi) is 6.21. The van der Waals surface area contributed by atoms with Crippen LogP contribution in [0.15, 0.2) is 12.3 Å². The van der Waals surface area contributed by atoms with Gasteiger partial charge in [-0.15, -0.1) is 0 Å². The van der Waals surface area contributed by atoms with Crippen LogP contribution in [-0.2, 0) is 4.74 Å². The molecule has 1 heterocycles. The number of nitrogens with two attached hydrogens (primary N) is 1. The molecule has 1 saturated carbocycles. The Bertz CT molecular complexity index is 646. The van der Waals surface area contributed by atoms with E-state index in [2.05, 4.69) is 10.3 Å². The molecule has 0 radical (unpaired) electrons. The Labute approximate surface area is 151 Å². The Hall–Kier alpha value is -1.89. The van der Waals surface area contributed by atoms with Crippen LogP contribution in [0.25, 0.3) is 0 Å². The van der Waals surface area contributed by atoms with Gasteiger partial charge in [0.05, 0.1) is 11.8 Å². The van der Waals surface area contributed by atoms with Crippen molar-refractivity contribution in [2.24, 2.45) is 11.7 Å². The lowest BCUT2D eigenvalue weighted by Gasteiger charge is -2.34. The molecule has 1 fully saturated rings. The van der Waals surface area contributed by atoms with E-state index in [-0.39, 0.29) is 16.8 Å². The van der Waals surface area contributed by atoms with Gasteiger partial charge in [-0.2, -0.15) is 0 Å². The molecule has 1 aromatic rings. The van der Waals surface area contributed by atoms with Crippen LogP contribution in [0.3, 0.4) is 0 Å². The molecular formula is C17H23ClFN3O3. The fraction of sp³-hybridized carbons (Fsp3) is 0.588. The smallest absolute Gasteiger partial charge is 0.405 e. The summed E-state index contributed by atoms with van der Waals surface area (Å²) in [5.74, 6) is -0.630. The van der Waals surface area contributed by atoms with Gasteiger partial charge in [0.25, 0.3) is 5.91 Å². The number of carbonyl (C=O) groups excluding carboxylic acids is 2. The first-order valence-corrected chi connectivity index (χ1v) is 8.64. The summed E-state index contributed by atoms with van der Waals surface area (Å²) in [4.78, 5) is 26.8. The number of halogens is 2. The van der Waals surface area contributed by atoms with Crippen molar-refractivity contribution in [2.75, 3.05) is 0 Å². The monoisotopic (exact) mass is 371 g/mol. The summed E-state index contributed by atoms with van der Waals surface area (Å²) in [7, 11) is 0. The predicted molar refractivity (Wildman–Crippen MR) is 91.8 cm³/mol. The van der Waals surface area contributed by atoms with Gasteiger partial charge in [0.1, 0.15) is 16.6 Å². The van der Waals surface area contributed by atoms with Crippen LogP contribution in [0.5, 0.6) is 0 Å². The number of aromatic nitrogens is 1. The summed E-state index contributed by atoms with van der Waals surface area (Å²) in [6.45, 7) is 3.68. The van der Waals surface area contributed by atoms with Crippen LogP contribution < -0.4 is 11.1 Å². The number of hydrogen-bond donors (Lipinski definition) is 2. The molecule has 0 atom stereocenters. The number of rotatable bonds is 5. The van der Waals surface area contributed by atoms with Gasteiger partial charge in [0.15, 0.2) is 0 Å². The van der Waals surface area contributed by atoms with Crippen LogP contribution in [-0.4, -0.2) is 28.6 Å². The third-order valence-electron chi connectivity index (χ3n) is 4.39. The molecule has 0 spiro atoms. The Morgan fingerprint density at radius 3 is 2.64 bits per heavy atom. The largest absolute Gasteiger partial charge is 0.444 e. The normalized spacial score (nSPS) is 20.8. The van der Waals surface area contributed by atoms with Crippen molar-refractivity contribution in [2.45, 2.75) is 57.6 Å². The van der Waals surface area contributed by atoms with Crippen molar-refractivity contribution in [3.05, 3.63) is 28.8 Å². The van der Waals surface area contributed by atoms with E-state index in [9.17, 15) is 14.0 Å². The summed E-state index contributed by atoms with van der Waals surface area (Å²) in [5.41, 5.74) is 4.53. The standard InChI is InChI=1S/C17H23ClFN3O3/c1-17(2,25-16(20)24)8-10-3-5-12(6-4-10)22-15(23)13-7-11(19)9-21-14(13)18/h7,9-10,12H,3-6,8H2,1-2H3,(H2,20,24)(H,22,23). The first kappa shape index (κ1) is 19.4. The molecule has 0 unspecified atom stereocenters. The molecule has 3 N–H and O–H groups in total. The number of nitrogens with one attached hydrogen (secondary N) is 1. The van der Waals surface area contributed by atoms with E-state index in [1.165, 1.54) is 0 Å². The Balaban J connectivity index is 1.85. The maximum atomic E-state index is 13.2. The first-order chi connectivity index (χ1) is 11.7. The van der Waals surface area contributed by atoms with Crippen molar-refractivity contribution in [3.8, 4) is 0 Å². The van der Waals surface area contributed by atoms with Gasteiger partial charge in [-0.05, 0) is 57.9 Å². The second kappa shape index (κ2) is 7.99. The number of pyridine rings is 1. The van der Waals surface area contributed by atoms with Crippen molar-refractivity contribution in [1.82, 2.24) is 10.3 Å². The fourth-order valence-electron chi connectivity index (χ4n) is 3.37. The zero-order chi connectivity index (χ0) is 18.6. The maximum Gasteiger partial charge on any atom is 0.405 e. The highest BCUT2D eigenvalue weighted by molar-refractivity contribution is 6.32. The zero-order valence-corrected chi connectivity index (χ0v) is 15.1. The van der Waals surface area contributed by atoms with Gasteiger partial charge in [0, 0.05) is 6.04 Å². The third kappa shape index (κ3) is 5.85. The minimum atomic E-state index is -0.772. The molecule has 6 nitrogen and oxygen atoms in total. The highest BCUT2D eigenvalue weighted by Gasteiger charge is 2.30. The van der Waals surface area contributed by atoms with E-state index in [1.54, 1.807) is 0 Å². The molecule has 0 saturated heterocycles. The summed E-state index contributed by atoms with van der Waals surface area (Å²) in [5, 5.41) is 2.87. The van der Waals surface area contributed by atoms with Gasteiger partial charge >= 0.3 is 6.09 Å². The molecule has 2 rings (SSSR count). The van der Waals surface area contributed by atoms with Gasteiger partial charge in [-0.25, -0.2) is 14.2 Å². The molecule has 25 heavy (non-hydrogen) atoms. The van der Waals surface area contributed by atoms with Gasteiger partial charge in [0.2, 0.25) is 0 Å². The molecule has 1 aliphatic rings. The Morgan fingerprint density at radius 1 is 1.40 bits per heavy atom. The van der Waals surface area contributed by atoms with Gasteiger partial charge < -0.3 is 15.8 Å². The molecule has 138 valence electrons. The summed E-state index contributed by atoms with van der Waals surface area (Å²) in [6.07, 6.45) is 4.30. The molecular weight excluding hydrogens is 349 g/mol. The SMILES string of the molecule is CC(C)(CC1CCC(NC(=O)c2cc(F)cnc2Cl)CC1)OC(N)=O. The number of hydrogen-bond acceptors (Lipinski definition) is 4. The van der Waals surface area contributed by atoms with Crippen LogP contribution in [0.4, 0.5) is 9.18 Å². The first-order valence-electron chi connectivity index (χ1n) is 8.26. The van der Waals surface area contributed by atoms with Gasteiger partial charge in [-0.1, -0.05) is 11.6 Å². The lowest BCUT2D eigenvalue weighted by molar-refractivity contribution is 0.0206. The van der Waals surface area contributed by atoms with Crippen LogP contribution in [0.2, 0.25) is 5.15 Å². The number of ether oxygens (including phenoxy) is 1. The minimum Gasteiger partial charge on any atom is -0.444 e. The highest BCUT2D eigenvalue weighted by atomic mass is 35.5. The van der Waals surface area contributed by atoms with E-state index in [4.69, 9.17) is 22.1 Å². The van der Waals surface area contributed by atoms with E-state index in [1.807, 2.05) is 13.8 Å². The summed E-state index contributed by atoms with van der Waals surface area (Å²) < 4.78 is 18.4. The fourth-order valence-corrected chi connectivity index (χ4v) is 3.55. The second-order valence-electron chi connectivity index (χ2n) is 7.07. The average molecular weight is 372 g/mol. The second-order valence-corrected chi connectivity index (χ2v) is 7.43. The summed E-state index contributed by atoms with van der Waals surface area (Å²) >= 11 is 5.86. The van der Waals surface area contributed by atoms with Crippen molar-refractivity contribution in [3.63, 3.8) is 0 Å². The topological polar surface area (TPSA) is 94.3 Å². The van der Waals surface area contributed by atoms with E-state index < -0.39 is 23.4 Å². The summed E-state index contributed by atoms with van der Waals surface area (Å²) in [6, 6.07) is 1.09. The molecule has 1 aromatic heterocycles. The van der Waals surface area contributed by atoms with Gasteiger partial charge in [-0.3, -0.25) is 4.79 Å². The lowest BCUT2D eigenvalue weighted by atomic mass is 9.80. The van der Waals surface area contributed by atoms with Crippen LogP contribution >= 0.6 is 11.6 Å². The predicted octanol–water partition coefficient (Wildman–Crippen LogP) is 3.43. The molecule has 1 aliphatic carbocycles. The van der Waals surface area contributed by atoms with E-state index in [0.717, 1.165) is 44.4 Å². The van der Waals surface area contributed by atoms with E-state index in [0.29, 0.717) is 5.92 Å². The molecule has 0 bridgehead atoms. The van der Waals surface area contributed by atoms with Crippen LogP contribution in [0.1, 0.15) is 56.3 Å². The van der Waals surface area contributed by atoms with Crippen molar-refractivity contribution < 1.29 is 18.7 Å². The molecule has 0 aromatic carbocycles. The third-order valence-corrected chi connectivity index (χ3v) is 4.69. The number of primary amides is 1. The number of carbonyl (C=O) groups is 2.